The lowest BCUT2D eigenvalue weighted by molar-refractivity contribution is -0.385. The first kappa shape index (κ1) is 14.4. The lowest BCUT2D eigenvalue weighted by Gasteiger charge is -2.09. The summed E-state index contributed by atoms with van der Waals surface area (Å²) < 4.78 is 14.6. The molecule has 9 heteroatoms. The maximum atomic E-state index is 13.3. The fourth-order valence-corrected chi connectivity index (χ4v) is 2.14. The van der Waals surface area contributed by atoms with Crippen molar-refractivity contribution in [1.29, 1.82) is 0 Å². The fourth-order valence-electron chi connectivity index (χ4n) is 2.14. The number of nitrogens with zero attached hydrogens (tertiary/aromatic N) is 4. The zero-order valence-corrected chi connectivity index (χ0v) is 11.4. The van der Waals surface area contributed by atoms with Gasteiger partial charge in [0.05, 0.1) is 22.5 Å². The summed E-state index contributed by atoms with van der Waals surface area (Å²) in [6.45, 7) is 0. The SMILES string of the molecule is O=[N+]([O-])c1cc(-c2ccnn2-c2ccnc(F)c2)cc(O)c1O. The highest BCUT2D eigenvalue weighted by Crippen LogP contribution is 2.39. The monoisotopic (exact) mass is 316 g/mol. The van der Waals surface area contributed by atoms with Crippen LogP contribution in [0.4, 0.5) is 10.1 Å². The van der Waals surface area contributed by atoms with Crippen molar-refractivity contribution in [3.05, 3.63) is 58.8 Å². The Morgan fingerprint density at radius 1 is 1.17 bits per heavy atom. The number of aromatic nitrogens is 3. The Hall–Kier alpha value is -3.49. The van der Waals surface area contributed by atoms with E-state index in [1.807, 2.05) is 0 Å². The molecule has 0 bridgehead atoms. The van der Waals surface area contributed by atoms with Gasteiger partial charge in [-0.25, -0.2) is 9.67 Å². The molecule has 2 heterocycles. The van der Waals surface area contributed by atoms with Gasteiger partial charge in [-0.1, -0.05) is 0 Å². The number of phenols is 2. The lowest BCUT2D eigenvalue weighted by Crippen LogP contribution is -2.00. The molecule has 3 aromatic rings. The highest BCUT2D eigenvalue weighted by atomic mass is 19.1. The third kappa shape index (κ3) is 2.55. The third-order valence-electron chi connectivity index (χ3n) is 3.16. The van der Waals surface area contributed by atoms with E-state index in [4.69, 9.17) is 0 Å². The van der Waals surface area contributed by atoms with Crippen molar-refractivity contribution < 1.29 is 19.5 Å². The number of aromatic hydroxyl groups is 2. The van der Waals surface area contributed by atoms with E-state index in [9.17, 15) is 24.7 Å². The summed E-state index contributed by atoms with van der Waals surface area (Å²) in [6, 6.07) is 6.45. The summed E-state index contributed by atoms with van der Waals surface area (Å²) in [7, 11) is 0. The van der Waals surface area contributed by atoms with Crippen LogP contribution >= 0.6 is 0 Å². The van der Waals surface area contributed by atoms with E-state index in [0.717, 1.165) is 18.2 Å². The van der Waals surface area contributed by atoms with E-state index < -0.39 is 28.1 Å². The molecule has 0 atom stereocenters. The van der Waals surface area contributed by atoms with E-state index >= 15 is 0 Å². The van der Waals surface area contributed by atoms with Crippen molar-refractivity contribution in [2.24, 2.45) is 0 Å². The smallest absolute Gasteiger partial charge is 0.315 e. The molecule has 3 rings (SSSR count). The van der Waals surface area contributed by atoms with Gasteiger partial charge < -0.3 is 10.2 Å². The van der Waals surface area contributed by atoms with Crippen molar-refractivity contribution in [2.45, 2.75) is 0 Å². The third-order valence-corrected chi connectivity index (χ3v) is 3.16. The molecule has 0 aliphatic rings. The summed E-state index contributed by atoms with van der Waals surface area (Å²) in [4.78, 5) is 13.6. The van der Waals surface area contributed by atoms with Gasteiger partial charge in [0.2, 0.25) is 11.7 Å². The molecular weight excluding hydrogens is 307 g/mol. The van der Waals surface area contributed by atoms with Crippen LogP contribution in [0.1, 0.15) is 0 Å². The van der Waals surface area contributed by atoms with E-state index in [1.54, 1.807) is 0 Å². The quantitative estimate of drug-likeness (QED) is 0.332. The minimum atomic E-state index is -0.820. The number of benzene rings is 1. The molecule has 1 aromatic carbocycles. The van der Waals surface area contributed by atoms with E-state index in [0.29, 0.717) is 11.4 Å². The number of rotatable bonds is 3. The first-order valence-electron chi connectivity index (χ1n) is 6.34. The second-order valence-corrected chi connectivity index (χ2v) is 4.59. The molecule has 0 aliphatic heterocycles. The molecule has 23 heavy (non-hydrogen) atoms. The summed E-state index contributed by atoms with van der Waals surface area (Å²) in [5.74, 6) is -2.16. The zero-order valence-electron chi connectivity index (χ0n) is 11.4. The van der Waals surface area contributed by atoms with Gasteiger partial charge in [0, 0.05) is 23.9 Å². The highest BCUT2D eigenvalue weighted by Gasteiger charge is 2.21. The number of nitro benzene ring substituents is 1. The topological polar surface area (TPSA) is 114 Å². The van der Waals surface area contributed by atoms with Crippen LogP contribution in [0.25, 0.3) is 16.9 Å². The van der Waals surface area contributed by atoms with Crippen LogP contribution in [-0.2, 0) is 0 Å². The Kier molecular flexibility index (Phi) is 3.37. The van der Waals surface area contributed by atoms with Crippen molar-refractivity contribution >= 4 is 5.69 Å². The van der Waals surface area contributed by atoms with Gasteiger partial charge in [0.1, 0.15) is 0 Å². The number of phenolic OH excluding ortho intramolecular Hbond substituents is 2. The van der Waals surface area contributed by atoms with Crippen LogP contribution in [-0.4, -0.2) is 29.9 Å². The van der Waals surface area contributed by atoms with Gasteiger partial charge in [-0.15, -0.1) is 0 Å². The Bertz CT molecular complexity index is 910. The maximum absolute atomic E-state index is 13.3. The van der Waals surface area contributed by atoms with Crippen LogP contribution in [0.15, 0.2) is 42.7 Å². The second kappa shape index (κ2) is 5.37. The average Bonchev–Trinajstić information content (AvgIpc) is 2.99. The Labute approximate surface area is 128 Å². The first-order chi connectivity index (χ1) is 11.0. The normalized spacial score (nSPS) is 10.7. The number of halogens is 1. The van der Waals surface area contributed by atoms with Crippen LogP contribution in [0.2, 0.25) is 0 Å². The summed E-state index contributed by atoms with van der Waals surface area (Å²) in [5.41, 5.74) is 0.317. The molecule has 0 unspecified atom stereocenters. The van der Waals surface area contributed by atoms with Gasteiger partial charge in [-0.2, -0.15) is 9.49 Å². The molecule has 0 fully saturated rings. The zero-order chi connectivity index (χ0) is 16.6. The minimum Gasteiger partial charge on any atom is -0.504 e. The van der Waals surface area contributed by atoms with Crippen LogP contribution in [0, 0.1) is 16.1 Å². The molecule has 116 valence electrons. The van der Waals surface area contributed by atoms with E-state index in [2.05, 4.69) is 10.1 Å². The molecule has 2 N–H and O–H groups in total. The van der Waals surface area contributed by atoms with Gasteiger partial charge in [0.15, 0.2) is 5.75 Å². The number of hydrogen-bond donors (Lipinski definition) is 2. The van der Waals surface area contributed by atoms with Gasteiger partial charge in [0.25, 0.3) is 0 Å². The minimum absolute atomic E-state index is 0.238. The van der Waals surface area contributed by atoms with Crippen molar-refractivity contribution in [3.63, 3.8) is 0 Å². The molecule has 0 radical (unpaired) electrons. The van der Waals surface area contributed by atoms with Crippen molar-refractivity contribution in [1.82, 2.24) is 14.8 Å². The molecule has 0 aliphatic carbocycles. The van der Waals surface area contributed by atoms with Crippen LogP contribution in [0.5, 0.6) is 11.5 Å². The summed E-state index contributed by atoms with van der Waals surface area (Å²) >= 11 is 0. The van der Waals surface area contributed by atoms with E-state index in [1.165, 1.54) is 29.2 Å². The Morgan fingerprint density at radius 2 is 1.96 bits per heavy atom. The predicted octanol–water partition coefficient (Wildman–Crippen LogP) is 2.39. The van der Waals surface area contributed by atoms with Gasteiger partial charge in [-0.3, -0.25) is 10.1 Å². The summed E-state index contributed by atoms with van der Waals surface area (Å²) in [5, 5.41) is 34.2. The van der Waals surface area contributed by atoms with Crippen LogP contribution in [0.3, 0.4) is 0 Å². The predicted molar refractivity (Wildman–Crippen MR) is 76.7 cm³/mol. The number of nitro groups is 1. The van der Waals surface area contributed by atoms with Crippen LogP contribution < -0.4 is 0 Å². The Balaban J connectivity index is 2.18. The second-order valence-electron chi connectivity index (χ2n) is 4.59. The maximum Gasteiger partial charge on any atom is 0.315 e. The Morgan fingerprint density at radius 3 is 2.65 bits per heavy atom. The molecular formula is C14H9FN4O4. The number of pyridine rings is 1. The first-order valence-corrected chi connectivity index (χ1v) is 6.34. The molecule has 8 nitrogen and oxygen atoms in total. The van der Waals surface area contributed by atoms with Gasteiger partial charge in [-0.05, 0) is 18.2 Å². The summed E-state index contributed by atoms with van der Waals surface area (Å²) in [6.07, 6.45) is 2.68. The fraction of sp³-hybridized carbons (Fsp3) is 0. The molecule has 0 saturated carbocycles. The van der Waals surface area contributed by atoms with Gasteiger partial charge >= 0.3 is 5.69 Å². The van der Waals surface area contributed by atoms with E-state index in [-0.39, 0.29) is 5.56 Å². The standard InChI is InChI=1S/C14H9FN4O4/c15-13-7-9(1-3-16-13)18-10(2-4-17-18)8-5-11(19(22)23)14(21)12(20)6-8/h1-7,20-21H. The molecule has 0 saturated heterocycles. The molecule has 2 aromatic heterocycles. The van der Waals surface area contributed by atoms with Crippen molar-refractivity contribution in [2.75, 3.05) is 0 Å². The van der Waals surface area contributed by atoms with Crippen molar-refractivity contribution in [3.8, 4) is 28.4 Å². The molecule has 0 amide bonds. The molecule has 0 spiro atoms. The number of hydrogen-bond acceptors (Lipinski definition) is 6. The average molecular weight is 316 g/mol. The highest BCUT2D eigenvalue weighted by molar-refractivity contribution is 5.71. The lowest BCUT2D eigenvalue weighted by atomic mass is 10.1. The largest absolute Gasteiger partial charge is 0.504 e.